The number of benzene rings is 2. The van der Waals surface area contributed by atoms with Crippen molar-refractivity contribution in [3.05, 3.63) is 64.7 Å². The predicted octanol–water partition coefficient (Wildman–Crippen LogP) is 3.46. The van der Waals surface area contributed by atoms with Crippen molar-refractivity contribution in [1.29, 1.82) is 0 Å². The van der Waals surface area contributed by atoms with E-state index >= 15 is 0 Å². The van der Waals surface area contributed by atoms with Crippen molar-refractivity contribution in [2.75, 3.05) is 19.6 Å². The number of likely N-dealkylation sites (tertiary alicyclic amines) is 1. The molecule has 1 amide bonds. The van der Waals surface area contributed by atoms with Gasteiger partial charge >= 0.3 is 0 Å². The molecule has 0 bridgehead atoms. The van der Waals surface area contributed by atoms with Crippen LogP contribution < -0.4 is 0 Å². The Morgan fingerprint density at radius 1 is 1.11 bits per heavy atom. The molecule has 144 valence electrons. The highest BCUT2D eigenvalue weighted by Gasteiger charge is 2.29. The fourth-order valence-corrected chi connectivity index (χ4v) is 4.72. The van der Waals surface area contributed by atoms with Gasteiger partial charge in [0.15, 0.2) is 0 Å². The fourth-order valence-electron chi connectivity index (χ4n) is 3.21. The van der Waals surface area contributed by atoms with Gasteiger partial charge in [-0.15, -0.1) is 0 Å². The summed E-state index contributed by atoms with van der Waals surface area (Å²) in [5, 5.41) is 0.465. The van der Waals surface area contributed by atoms with E-state index in [-0.39, 0.29) is 23.9 Å². The van der Waals surface area contributed by atoms with E-state index in [1.165, 1.54) is 16.4 Å². The second-order valence-corrected chi connectivity index (χ2v) is 9.18. The maximum atomic E-state index is 13.2. The van der Waals surface area contributed by atoms with Crippen LogP contribution in [-0.2, 0) is 21.4 Å². The molecular weight excluding hydrogens is 384 g/mol. The van der Waals surface area contributed by atoms with Crippen molar-refractivity contribution >= 4 is 27.5 Å². The molecule has 1 aliphatic heterocycles. The van der Waals surface area contributed by atoms with Crippen molar-refractivity contribution in [2.24, 2.45) is 0 Å². The number of hydrogen-bond donors (Lipinski definition) is 0. The van der Waals surface area contributed by atoms with Crippen molar-refractivity contribution in [3.63, 3.8) is 0 Å². The lowest BCUT2D eigenvalue weighted by molar-refractivity contribution is -0.130. The maximum Gasteiger partial charge on any atom is 0.243 e. The summed E-state index contributed by atoms with van der Waals surface area (Å²) in [6, 6.07) is 13.7. The summed E-state index contributed by atoms with van der Waals surface area (Å²) in [6.45, 7) is 3.32. The Bertz CT molecular complexity index is 907. The average molecular weight is 407 g/mol. The lowest BCUT2D eigenvalue weighted by Gasteiger charge is -2.25. The monoisotopic (exact) mass is 406 g/mol. The van der Waals surface area contributed by atoms with Gasteiger partial charge in [0.25, 0.3) is 0 Å². The molecule has 5 nitrogen and oxygen atoms in total. The normalized spacial score (nSPS) is 14.7. The highest BCUT2D eigenvalue weighted by atomic mass is 35.5. The van der Waals surface area contributed by atoms with Crippen molar-refractivity contribution in [1.82, 2.24) is 9.21 Å². The van der Waals surface area contributed by atoms with Gasteiger partial charge in [-0.2, -0.15) is 4.31 Å². The van der Waals surface area contributed by atoms with Crippen LogP contribution in [0.15, 0.2) is 53.4 Å². The van der Waals surface area contributed by atoms with E-state index in [0.29, 0.717) is 18.1 Å². The van der Waals surface area contributed by atoms with Gasteiger partial charge in [-0.05, 0) is 49.6 Å². The Kier molecular flexibility index (Phi) is 6.19. The molecule has 3 rings (SSSR count). The van der Waals surface area contributed by atoms with E-state index in [9.17, 15) is 13.2 Å². The maximum absolute atomic E-state index is 13.2. The van der Waals surface area contributed by atoms with Gasteiger partial charge in [0.1, 0.15) is 0 Å². The molecule has 0 N–H and O–H groups in total. The minimum Gasteiger partial charge on any atom is -0.342 e. The molecule has 1 heterocycles. The van der Waals surface area contributed by atoms with Crippen molar-refractivity contribution in [3.8, 4) is 0 Å². The van der Waals surface area contributed by atoms with E-state index in [1.807, 2.05) is 31.2 Å². The van der Waals surface area contributed by atoms with Gasteiger partial charge in [0.2, 0.25) is 15.9 Å². The molecule has 0 spiro atoms. The lowest BCUT2D eigenvalue weighted by Crippen LogP contribution is -2.41. The Morgan fingerprint density at radius 3 is 2.41 bits per heavy atom. The topological polar surface area (TPSA) is 57.7 Å². The first-order valence-corrected chi connectivity index (χ1v) is 10.8. The van der Waals surface area contributed by atoms with E-state index in [2.05, 4.69) is 0 Å². The number of carbonyl (C=O) groups excluding carboxylic acids is 1. The third-order valence-corrected chi connectivity index (χ3v) is 6.72. The SMILES string of the molecule is Cc1cccc(CN(CC(=O)N2CCCC2)S(=O)(=O)c2ccc(Cl)cc2)c1. The number of hydrogen-bond acceptors (Lipinski definition) is 3. The first kappa shape index (κ1) is 19.9. The molecule has 1 fully saturated rings. The molecule has 0 radical (unpaired) electrons. The number of carbonyl (C=O) groups is 1. The average Bonchev–Trinajstić information content (AvgIpc) is 3.16. The van der Waals surface area contributed by atoms with Gasteiger partial charge in [-0.3, -0.25) is 4.79 Å². The Morgan fingerprint density at radius 2 is 1.78 bits per heavy atom. The van der Waals surface area contributed by atoms with Gasteiger partial charge < -0.3 is 4.90 Å². The molecular formula is C20H23ClN2O3S. The second-order valence-electron chi connectivity index (χ2n) is 6.80. The van der Waals surface area contributed by atoms with E-state index in [0.717, 1.165) is 24.0 Å². The fraction of sp³-hybridized carbons (Fsp3) is 0.350. The first-order chi connectivity index (χ1) is 12.9. The molecule has 0 saturated carbocycles. The minimum atomic E-state index is -3.83. The summed E-state index contributed by atoms with van der Waals surface area (Å²) in [7, 11) is -3.83. The Hall–Kier alpha value is -1.89. The summed E-state index contributed by atoms with van der Waals surface area (Å²) < 4.78 is 27.6. The first-order valence-electron chi connectivity index (χ1n) is 8.95. The van der Waals surface area contributed by atoms with E-state index in [4.69, 9.17) is 11.6 Å². The largest absolute Gasteiger partial charge is 0.342 e. The molecule has 1 aliphatic rings. The van der Waals surface area contributed by atoms with Crippen LogP contribution in [0.1, 0.15) is 24.0 Å². The summed E-state index contributed by atoms with van der Waals surface area (Å²) >= 11 is 5.89. The highest BCUT2D eigenvalue weighted by Crippen LogP contribution is 2.21. The standard InChI is InChI=1S/C20H23ClN2O3S/c1-16-5-4-6-17(13-16)14-23(15-20(24)22-11-2-3-12-22)27(25,26)19-9-7-18(21)8-10-19/h4-10,13H,2-3,11-12,14-15H2,1H3. The molecule has 0 aliphatic carbocycles. The van der Waals surface area contributed by atoms with Crippen LogP contribution in [0.3, 0.4) is 0 Å². The molecule has 0 unspecified atom stereocenters. The Labute approximate surface area is 165 Å². The lowest BCUT2D eigenvalue weighted by atomic mass is 10.1. The zero-order valence-corrected chi connectivity index (χ0v) is 16.8. The zero-order chi connectivity index (χ0) is 19.4. The number of amides is 1. The van der Waals surface area contributed by atoms with Crippen LogP contribution in [0.2, 0.25) is 5.02 Å². The number of sulfonamides is 1. The van der Waals surface area contributed by atoms with Crippen molar-refractivity contribution < 1.29 is 13.2 Å². The molecule has 2 aromatic rings. The molecule has 0 atom stereocenters. The zero-order valence-electron chi connectivity index (χ0n) is 15.3. The summed E-state index contributed by atoms with van der Waals surface area (Å²) in [5.74, 6) is -0.155. The minimum absolute atomic E-state index is 0.133. The smallest absolute Gasteiger partial charge is 0.243 e. The number of nitrogens with zero attached hydrogens (tertiary/aromatic N) is 2. The molecule has 7 heteroatoms. The van der Waals surface area contributed by atoms with Crippen molar-refractivity contribution in [2.45, 2.75) is 31.2 Å². The third kappa shape index (κ3) is 4.89. The second kappa shape index (κ2) is 8.42. The number of rotatable bonds is 6. The van der Waals surface area contributed by atoms with Crippen LogP contribution in [0.5, 0.6) is 0 Å². The van der Waals surface area contributed by atoms with Crippen LogP contribution >= 0.6 is 11.6 Å². The highest BCUT2D eigenvalue weighted by molar-refractivity contribution is 7.89. The van der Waals surface area contributed by atoms with Gasteiger partial charge in [0.05, 0.1) is 11.4 Å². The quantitative estimate of drug-likeness (QED) is 0.738. The third-order valence-electron chi connectivity index (χ3n) is 4.66. The number of halogens is 1. The summed E-state index contributed by atoms with van der Waals surface area (Å²) in [4.78, 5) is 14.5. The van der Waals surface area contributed by atoms with E-state index < -0.39 is 10.0 Å². The number of aryl methyl sites for hydroxylation is 1. The van der Waals surface area contributed by atoms with Gasteiger partial charge in [-0.1, -0.05) is 41.4 Å². The van der Waals surface area contributed by atoms with Crippen LogP contribution in [-0.4, -0.2) is 43.2 Å². The summed E-state index contributed by atoms with van der Waals surface area (Å²) in [5.41, 5.74) is 1.89. The molecule has 0 aromatic heterocycles. The van der Waals surface area contributed by atoms with Gasteiger partial charge in [0, 0.05) is 24.7 Å². The Balaban J connectivity index is 1.90. The summed E-state index contributed by atoms with van der Waals surface area (Å²) in [6.07, 6.45) is 1.93. The van der Waals surface area contributed by atoms with Crippen LogP contribution in [0, 0.1) is 6.92 Å². The molecule has 1 saturated heterocycles. The predicted molar refractivity (Wildman–Crippen MR) is 106 cm³/mol. The molecule has 2 aromatic carbocycles. The van der Waals surface area contributed by atoms with Crippen LogP contribution in [0.25, 0.3) is 0 Å². The van der Waals surface area contributed by atoms with Crippen LogP contribution in [0.4, 0.5) is 0 Å². The van der Waals surface area contributed by atoms with Gasteiger partial charge in [-0.25, -0.2) is 8.42 Å². The molecule has 27 heavy (non-hydrogen) atoms. The van der Waals surface area contributed by atoms with E-state index in [1.54, 1.807) is 17.0 Å².